The molecule has 0 aromatic carbocycles. The summed E-state index contributed by atoms with van der Waals surface area (Å²) < 4.78 is 67.2. The smallest absolute Gasteiger partial charge is 0.323 e. The molecule has 3 heterocycles. The number of ether oxygens (including phenoxy) is 3. The van der Waals surface area contributed by atoms with E-state index in [1.54, 1.807) is 6.92 Å². The SMILES string of the molecule is CCOc1nc(N)nc2c1ncn2[C@@H]1O[C@](F)(CO[P@@](C)(=O)N[C@@H](C)C(=O)OC2CCCCC2)[C@@H](O)[C@@]1(C)F. The van der Waals surface area contributed by atoms with Crippen molar-refractivity contribution in [3.63, 3.8) is 0 Å². The van der Waals surface area contributed by atoms with Crippen molar-refractivity contribution in [3.8, 4) is 5.88 Å². The summed E-state index contributed by atoms with van der Waals surface area (Å²) >= 11 is 0. The highest BCUT2D eigenvalue weighted by molar-refractivity contribution is 7.56. The van der Waals surface area contributed by atoms with Crippen molar-refractivity contribution in [3.05, 3.63) is 6.33 Å². The molecule has 4 N–H and O–H groups in total. The van der Waals surface area contributed by atoms with Crippen LogP contribution in [0, 0.1) is 0 Å². The van der Waals surface area contributed by atoms with Gasteiger partial charge < -0.3 is 29.6 Å². The van der Waals surface area contributed by atoms with Crippen molar-refractivity contribution in [2.24, 2.45) is 0 Å². The summed E-state index contributed by atoms with van der Waals surface area (Å²) in [4.78, 5) is 24.5. The van der Waals surface area contributed by atoms with Crippen molar-refractivity contribution in [2.45, 2.75) is 88.9 Å². The number of fused-ring (bicyclic) bond motifs is 1. The van der Waals surface area contributed by atoms with Gasteiger partial charge in [-0.25, -0.2) is 18.9 Å². The number of nitrogens with one attached hydrogen (secondary N) is 1. The number of carbonyl (C=O) groups is 1. The third-order valence-electron chi connectivity index (χ3n) is 6.80. The van der Waals surface area contributed by atoms with Crippen LogP contribution in [0.3, 0.4) is 0 Å². The number of alkyl halides is 2. The van der Waals surface area contributed by atoms with Crippen LogP contribution in [0.4, 0.5) is 14.7 Å². The van der Waals surface area contributed by atoms with Gasteiger partial charge in [0.25, 0.3) is 13.4 Å². The summed E-state index contributed by atoms with van der Waals surface area (Å²) in [6.07, 6.45) is 1.36. The maximum atomic E-state index is 15.9. The van der Waals surface area contributed by atoms with Gasteiger partial charge in [0.2, 0.25) is 11.8 Å². The number of aliphatic hydroxyl groups excluding tert-OH is 1. The zero-order chi connectivity index (χ0) is 28.6. The predicted octanol–water partition coefficient (Wildman–Crippen LogP) is 2.78. The van der Waals surface area contributed by atoms with E-state index in [2.05, 4.69) is 20.0 Å². The van der Waals surface area contributed by atoms with Crippen LogP contribution < -0.4 is 15.6 Å². The average Bonchev–Trinajstić information content (AvgIpc) is 3.36. The first kappa shape index (κ1) is 29.5. The molecule has 1 saturated heterocycles. The molecule has 0 bridgehead atoms. The Morgan fingerprint density at radius 3 is 2.72 bits per heavy atom. The van der Waals surface area contributed by atoms with Crippen LogP contribution in [-0.4, -0.2) is 80.2 Å². The molecular weight excluding hydrogens is 541 g/mol. The maximum absolute atomic E-state index is 15.9. The quantitative estimate of drug-likeness (QED) is 0.279. The minimum Gasteiger partial charge on any atom is -0.476 e. The van der Waals surface area contributed by atoms with E-state index in [1.807, 2.05) is 0 Å². The second kappa shape index (κ2) is 11.2. The Morgan fingerprint density at radius 2 is 2.05 bits per heavy atom. The Bertz CT molecular complexity index is 1240. The van der Waals surface area contributed by atoms with Crippen LogP contribution in [0.2, 0.25) is 0 Å². The van der Waals surface area contributed by atoms with Crippen LogP contribution in [0.5, 0.6) is 5.88 Å². The zero-order valence-corrected chi connectivity index (χ0v) is 23.2. The molecule has 2 aromatic heterocycles. The Labute approximate surface area is 224 Å². The number of carbonyl (C=O) groups excluding carboxylic acids is 1. The fourth-order valence-electron chi connectivity index (χ4n) is 4.78. The Morgan fingerprint density at radius 1 is 1.36 bits per heavy atom. The van der Waals surface area contributed by atoms with Gasteiger partial charge in [0.1, 0.15) is 18.8 Å². The normalized spacial score (nSPS) is 30.2. The van der Waals surface area contributed by atoms with Gasteiger partial charge >= 0.3 is 5.97 Å². The number of aromatic nitrogens is 4. The lowest BCUT2D eigenvalue weighted by molar-refractivity contribution is -0.202. The molecule has 218 valence electrons. The van der Waals surface area contributed by atoms with Gasteiger partial charge in [-0.2, -0.15) is 9.97 Å². The minimum absolute atomic E-state index is 0.00896. The number of esters is 1. The molecule has 2 aromatic rings. The van der Waals surface area contributed by atoms with E-state index in [9.17, 15) is 14.5 Å². The standard InChI is InChI=1S/C23H35F2N6O7P/c1-5-35-17-15-16(28-21(26)29-17)31(12-27-15)20-22(3,24)19(33)23(25,38-20)11-36-39(4,34)30-13(2)18(32)37-14-9-7-6-8-10-14/h12-14,19-20,33H,5-11H2,1-4H3,(H,30,34)(H2,26,28,29)/t13-,19-,20+,22+,23+,39+/m0/s1. The molecule has 1 aliphatic heterocycles. The molecule has 0 radical (unpaired) electrons. The minimum atomic E-state index is -3.84. The highest BCUT2D eigenvalue weighted by Gasteiger charge is 2.65. The van der Waals surface area contributed by atoms with E-state index < -0.39 is 50.0 Å². The Kier molecular flexibility index (Phi) is 8.48. The molecule has 0 unspecified atom stereocenters. The van der Waals surface area contributed by atoms with Crippen molar-refractivity contribution in [1.29, 1.82) is 0 Å². The lowest BCUT2D eigenvalue weighted by Crippen LogP contribution is -2.47. The molecule has 6 atom stereocenters. The molecule has 0 spiro atoms. The number of aliphatic hydroxyl groups is 1. The second-order valence-corrected chi connectivity index (χ2v) is 12.3. The van der Waals surface area contributed by atoms with Gasteiger partial charge in [-0.05, 0) is 46.5 Å². The van der Waals surface area contributed by atoms with Crippen molar-refractivity contribution < 1.29 is 42.0 Å². The van der Waals surface area contributed by atoms with Crippen LogP contribution in [0.15, 0.2) is 6.33 Å². The van der Waals surface area contributed by atoms with E-state index in [-0.39, 0.29) is 35.7 Å². The number of hydrogen-bond acceptors (Lipinski definition) is 11. The lowest BCUT2D eigenvalue weighted by Gasteiger charge is -2.28. The molecule has 4 rings (SSSR count). The largest absolute Gasteiger partial charge is 0.476 e. The average molecular weight is 577 g/mol. The number of nitrogen functional groups attached to an aromatic ring is 1. The van der Waals surface area contributed by atoms with Crippen molar-refractivity contribution in [1.82, 2.24) is 24.6 Å². The van der Waals surface area contributed by atoms with Crippen molar-refractivity contribution >= 4 is 30.6 Å². The van der Waals surface area contributed by atoms with E-state index in [4.69, 9.17) is 24.5 Å². The van der Waals surface area contributed by atoms with Gasteiger partial charge in [-0.1, -0.05) is 6.42 Å². The molecular formula is C23H35F2N6O7P. The number of hydrogen-bond donors (Lipinski definition) is 3. The molecule has 2 fully saturated rings. The molecule has 1 aliphatic carbocycles. The van der Waals surface area contributed by atoms with Crippen LogP contribution in [0.25, 0.3) is 11.2 Å². The Hall–Kier alpha value is -2.45. The summed E-state index contributed by atoms with van der Waals surface area (Å²) in [5.74, 6) is -3.89. The summed E-state index contributed by atoms with van der Waals surface area (Å²) in [5.41, 5.74) is 3.16. The Balaban J connectivity index is 1.46. The number of rotatable bonds is 10. The highest BCUT2D eigenvalue weighted by Crippen LogP contribution is 2.50. The van der Waals surface area contributed by atoms with Gasteiger partial charge in [0, 0.05) is 6.66 Å². The predicted molar refractivity (Wildman–Crippen MR) is 135 cm³/mol. The second-order valence-electron chi connectivity index (χ2n) is 10.1. The topological polar surface area (TPSA) is 173 Å². The monoisotopic (exact) mass is 576 g/mol. The summed E-state index contributed by atoms with van der Waals surface area (Å²) in [6.45, 7) is 4.37. The first-order valence-corrected chi connectivity index (χ1v) is 14.9. The van der Waals surface area contributed by atoms with E-state index in [1.165, 1.54) is 6.92 Å². The number of halogens is 2. The molecule has 13 nitrogen and oxygen atoms in total. The fraction of sp³-hybridized carbons (Fsp3) is 0.739. The van der Waals surface area contributed by atoms with Gasteiger partial charge in [-0.3, -0.25) is 13.9 Å². The summed E-state index contributed by atoms with van der Waals surface area (Å²) in [5, 5.41) is 13.1. The highest BCUT2D eigenvalue weighted by atomic mass is 31.2. The number of anilines is 1. The van der Waals surface area contributed by atoms with Crippen LogP contribution in [0.1, 0.15) is 59.1 Å². The lowest BCUT2D eigenvalue weighted by atomic mass is 9.97. The van der Waals surface area contributed by atoms with Gasteiger partial charge in [0.05, 0.1) is 12.9 Å². The molecule has 2 aliphatic rings. The first-order chi connectivity index (χ1) is 18.3. The third-order valence-corrected chi connectivity index (χ3v) is 8.28. The maximum Gasteiger partial charge on any atom is 0.323 e. The third kappa shape index (κ3) is 6.17. The number of imidazole rings is 1. The molecule has 1 saturated carbocycles. The molecule has 16 heteroatoms. The van der Waals surface area contributed by atoms with Gasteiger partial charge in [0.15, 0.2) is 29.2 Å². The summed E-state index contributed by atoms with van der Waals surface area (Å²) in [7, 11) is -3.84. The van der Waals surface area contributed by atoms with E-state index >= 15 is 8.78 Å². The molecule has 39 heavy (non-hydrogen) atoms. The van der Waals surface area contributed by atoms with Crippen molar-refractivity contribution in [2.75, 3.05) is 25.6 Å². The van der Waals surface area contributed by atoms with Gasteiger partial charge in [-0.15, -0.1) is 0 Å². The van der Waals surface area contributed by atoms with E-state index in [0.29, 0.717) is 0 Å². The number of nitrogens with two attached hydrogens (primary N) is 1. The number of nitrogens with zero attached hydrogens (tertiary/aromatic N) is 4. The summed E-state index contributed by atoms with van der Waals surface area (Å²) in [6, 6.07) is -1.02. The zero-order valence-electron chi connectivity index (χ0n) is 22.3. The molecule has 0 amide bonds. The van der Waals surface area contributed by atoms with Crippen LogP contribution in [-0.2, 0) is 23.4 Å². The first-order valence-electron chi connectivity index (χ1n) is 12.8. The van der Waals surface area contributed by atoms with E-state index in [0.717, 1.165) is 56.6 Å². The fourth-order valence-corrected chi connectivity index (χ4v) is 6.09. The van der Waals surface area contributed by atoms with Crippen LogP contribution >= 0.6 is 7.52 Å².